The van der Waals surface area contributed by atoms with Crippen molar-refractivity contribution in [3.63, 3.8) is 0 Å². The highest BCUT2D eigenvalue weighted by atomic mass is 16.2. The standard InChI is InChI=1S/C17H13N5O2/c23-16-13-10-22(21-15(13)19-17(24)20-16)9-11-4-6-12(7-5-11)14-3-1-2-8-18-14/h1-8,10H,9H2,(H2,19,20,21,23,24). The SMILES string of the molecule is O=c1[nH]c(=O)c2cn(Cc3ccc(-c4ccccn4)cc3)nc2[nH]1. The van der Waals surface area contributed by atoms with E-state index < -0.39 is 11.2 Å². The lowest BCUT2D eigenvalue weighted by atomic mass is 10.1. The lowest BCUT2D eigenvalue weighted by Gasteiger charge is -2.04. The van der Waals surface area contributed by atoms with Crippen molar-refractivity contribution < 1.29 is 0 Å². The Morgan fingerprint density at radius 2 is 1.83 bits per heavy atom. The molecule has 2 N–H and O–H groups in total. The smallest absolute Gasteiger partial charge is 0.290 e. The van der Waals surface area contributed by atoms with E-state index in [9.17, 15) is 9.59 Å². The summed E-state index contributed by atoms with van der Waals surface area (Å²) in [6, 6.07) is 13.8. The first-order chi connectivity index (χ1) is 11.7. The molecule has 0 unspecified atom stereocenters. The van der Waals surface area contributed by atoms with Gasteiger partial charge in [0.15, 0.2) is 5.65 Å². The maximum absolute atomic E-state index is 11.7. The van der Waals surface area contributed by atoms with Crippen LogP contribution in [0, 0.1) is 0 Å². The van der Waals surface area contributed by atoms with Crippen molar-refractivity contribution >= 4 is 11.0 Å². The third-order valence-corrected chi connectivity index (χ3v) is 3.72. The normalized spacial score (nSPS) is 11.0. The molecule has 3 heterocycles. The van der Waals surface area contributed by atoms with Crippen LogP contribution in [0.5, 0.6) is 0 Å². The third kappa shape index (κ3) is 2.63. The Bertz CT molecular complexity index is 1110. The van der Waals surface area contributed by atoms with Gasteiger partial charge in [0.2, 0.25) is 0 Å². The maximum Gasteiger partial charge on any atom is 0.327 e. The minimum atomic E-state index is -0.558. The number of aromatic amines is 2. The molecular formula is C17H13N5O2. The minimum Gasteiger partial charge on any atom is -0.290 e. The monoisotopic (exact) mass is 319 g/mol. The summed E-state index contributed by atoms with van der Waals surface area (Å²) < 4.78 is 1.63. The van der Waals surface area contributed by atoms with Crippen LogP contribution in [-0.4, -0.2) is 24.7 Å². The topological polar surface area (TPSA) is 96.4 Å². The Morgan fingerprint density at radius 1 is 1.00 bits per heavy atom. The lowest BCUT2D eigenvalue weighted by molar-refractivity contribution is 0.693. The predicted molar refractivity (Wildman–Crippen MR) is 89.7 cm³/mol. The lowest BCUT2D eigenvalue weighted by Crippen LogP contribution is -2.21. The van der Waals surface area contributed by atoms with Gasteiger partial charge in [0.1, 0.15) is 5.39 Å². The molecular weight excluding hydrogens is 306 g/mol. The summed E-state index contributed by atoms with van der Waals surface area (Å²) in [5, 5.41) is 4.60. The molecule has 0 atom stereocenters. The van der Waals surface area contributed by atoms with E-state index in [0.717, 1.165) is 16.8 Å². The molecule has 0 aliphatic rings. The van der Waals surface area contributed by atoms with Gasteiger partial charge >= 0.3 is 5.69 Å². The van der Waals surface area contributed by atoms with Gasteiger partial charge in [-0.05, 0) is 17.7 Å². The molecule has 4 rings (SSSR count). The third-order valence-electron chi connectivity index (χ3n) is 3.72. The highest BCUT2D eigenvalue weighted by Crippen LogP contribution is 2.17. The molecule has 0 bridgehead atoms. The molecule has 24 heavy (non-hydrogen) atoms. The highest BCUT2D eigenvalue weighted by molar-refractivity contribution is 5.72. The fraction of sp³-hybridized carbons (Fsp3) is 0.0588. The van der Waals surface area contributed by atoms with Crippen LogP contribution in [0.15, 0.2) is 64.4 Å². The van der Waals surface area contributed by atoms with E-state index in [2.05, 4.69) is 20.1 Å². The molecule has 3 aromatic heterocycles. The van der Waals surface area contributed by atoms with Gasteiger partial charge in [-0.1, -0.05) is 30.3 Å². The summed E-state index contributed by atoms with van der Waals surface area (Å²) in [5.41, 5.74) is 2.27. The fourth-order valence-corrected chi connectivity index (χ4v) is 2.57. The van der Waals surface area contributed by atoms with Crippen LogP contribution in [0.3, 0.4) is 0 Å². The molecule has 4 aromatic rings. The van der Waals surface area contributed by atoms with E-state index in [0.29, 0.717) is 11.9 Å². The van der Waals surface area contributed by atoms with Crippen LogP contribution < -0.4 is 11.2 Å². The summed E-state index contributed by atoms with van der Waals surface area (Å²) in [6.45, 7) is 0.499. The summed E-state index contributed by atoms with van der Waals surface area (Å²) in [4.78, 5) is 32.0. The fourth-order valence-electron chi connectivity index (χ4n) is 2.57. The number of benzene rings is 1. The Hall–Kier alpha value is -3.48. The summed E-state index contributed by atoms with van der Waals surface area (Å²) in [6.07, 6.45) is 3.38. The molecule has 0 saturated carbocycles. The van der Waals surface area contributed by atoms with Crippen LogP contribution in [0.4, 0.5) is 0 Å². The van der Waals surface area contributed by atoms with Crippen molar-refractivity contribution in [3.05, 3.63) is 81.3 Å². The summed E-state index contributed by atoms with van der Waals surface area (Å²) in [7, 11) is 0. The van der Waals surface area contributed by atoms with Crippen LogP contribution in [0.1, 0.15) is 5.56 Å². The average molecular weight is 319 g/mol. The minimum absolute atomic E-state index is 0.286. The van der Waals surface area contributed by atoms with Crippen molar-refractivity contribution in [3.8, 4) is 11.3 Å². The Morgan fingerprint density at radius 3 is 2.58 bits per heavy atom. The number of fused-ring (bicyclic) bond motifs is 1. The van der Waals surface area contributed by atoms with Crippen molar-refractivity contribution in [2.45, 2.75) is 6.54 Å². The second-order valence-corrected chi connectivity index (χ2v) is 5.41. The first kappa shape index (κ1) is 14.1. The van der Waals surface area contributed by atoms with Gasteiger partial charge in [-0.2, -0.15) is 5.10 Å². The number of H-pyrrole nitrogens is 2. The second-order valence-electron chi connectivity index (χ2n) is 5.41. The van der Waals surface area contributed by atoms with E-state index in [1.807, 2.05) is 42.5 Å². The Labute approximate surface area is 135 Å². The summed E-state index contributed by atoms with van der Waals surface area (Å²) in [5.74, 6) is 0. The molecule has 0 aliphatic carbocycles. The molecule has 0 radical (unpaired) electrons. The Kier molecular flexibility index (Phi) is 3.31. The average Bonchev–Trinajstić information content (AvgIpc) is 2.99. The Balaban J connectivity index is 1.63. The number of hydrogen-bond acceptors (Lipinski definition) is 4. The van der Waals surface area contributed by atoms with E-state index in [1.165, 1.54) is 0 Å². The molecule has 118 valence electrons. The van der Waals surface area contributed by atoms with Gasteiger partial charge in [0.05, 0.1) is 12.2 Å². The van der Waals surface area contributed by atoms with E-state index in [1.54, 1.807) is 17.1 Å². The van der Waals surface area contributed by atoms with E-state index in [4.69, 9.17) is 0 Å². The van der Waals surface area contributed by atoms with Crippen molar-refractivity contribution in [2.75, 3.05) is 0 Å². The number of hydrogen-bond donors (Lipinski definition) is 2. The van der Waals surface area contributed by atoms with Crippen molar-refractivity contribution in [2.24, 2.45) is 0 Å². The molecule has 1 aromatic carbocycles. The number of pyridine rings is 1. The van der Waals surface area contributed by atoms with Crippen molar-refractivity contribution in [1.29, 1.82) is 0 Å². The molecule has 7 heteroatoms. The van der Waals surface area contributed by atoms with Crippen LogP contribution in [-0.2, 0) is 6.54 Å². The highest BCUT2D eigenvalue weighted by Gasteiger charge is 2.07. The predicted octanol–water partition coefficient (Wildman–Crippen LogP) is 1.52. The molecule has 0 saturated heterocycles. The van der Waals surface area contributed by atoms with Crippen LogP contribution in [0.25, 0.3) is 22.3 Å². The molecule has 0 spiro atoms. The van der Waals surface area contributed by atoms with Crippen LogP contribution in [0.2, 0.25) is 0 Å². The molecule has 7 nitrogen and oxygen atoms in total. The number of rotatable bonds is 3. The van der Waals surface area contributed by atoms with E-state index in [-0.39, 0.29) is 5.65 Å². The maximum atomic E-state index is 11.7. The molecule has 0 amide bonds. The molecule has 0 fully saturated rings. The van der Waals surface area contributed by atoms with Gasteiger partial charge in [-0.25, -0.2) is 4.79 Å². The van der Waals surface area contributed by atoms with Gasteiger partial charge in [-0.15, -0.1) is 0 Å². The second kappa shape index (κ2) is 5.62. The largest absolute Gasteiger partial charge is 0.327 e. The zero-order valence-corrected chi connectivity index (χ0v) is 12.6. The van der Waals surface area contributed by atoms with Crippen molar-refractivity contribution in [1.82, 2.24) is 24.7 Å². The van der Waals surface area contributed by atoms with Gasteiger partial charge in [0.25, 0.3) is 5.56 Å². The van der Waals surface area contributed by atoms with Gasteiger partial charge < -0.3 is 0 Å². The first-order valence-electron chi connectivity index (χ1n) is 7.39. The van der Waals surface area contributed by atoms with E-state index >= 15 is 0 Å². The first-order valence-corrected chi connectivity index (χ1v) is 7.39. The zero-order chi connectivity index (χ0) is 16.5. The number of nitrogens with zero attached hydrogens (tertiary/aromatic N) is 3. The molecule has 0 aliphatic heterocycles. The van der Waals surface area contributed by atoms with Gasteiger partial charge in [0, 0.05) is 18.0 Å². The summed E-state index contributed by atoms with van der Waals surface area (Å²) >= 11 is 0. The van der Waals surface area contributed by atoms with Crippen LogP contribution >= 0.6 is 0 Å². The quantitative estimate of drug-likeness (QED) is 0.598. The zero-order valence-electron chi connectivity index (χ0n) is 12.6. The number of aromatic nitrogens is 5. The van der Waals surface area contributed by atoms with Gasteiger partial charge in [-0.3, -0.25) is 24.4 Å². The number of nitrogens with one attached hydrogen (secondary N) is 2.